The molecule has 0 aromatic rings. The normalized spacial score (nSPS) is 13.3. The molecule has 3 nitrogen and oxygen atoms in total. The van der Waals surface area contributed by atoms with Crippen LogP contribution in [0.1, 0.15) is 53.9 Å². The summed E-state index contributed by atoms with van der Waals surface area (Å²) in [5.74, 6) is 1.00. The first-order chi connectivity index (χ1) is 7.39. The van der Waals surface area contributed by atoms with Crippen molar-refractivity contribution in [2.75, 3.05) is 5.75 Å². The van der Waals surface area contributed by atoms with Crippen LogP contribution in [0.3, 0.4) is 0 Å². The number of unbranched alkanes of at least 4 members (excludes halogenated alkanes) is 1. The summed E-state index contributed by atoms with van der Waals surface area (Å²) in [6, 6.07) is 0. The predicted octanol–water partition coefficient (Wildman–Crippen LogP) is 3.78. The van der Waals surface area contributed by atoms with E-state index in [1.165, 1.54) is 0 Å². The molecule has 1 N–H and O–H groups in total. The minimum absolute atomic E-state index is 0.180. The van der Waals surface area contributed by atoms with Gasteiger partial charge in [0.25, 0.3) is 0 Å². The fourth-order valence-electron chi connectivity index (χ4n) is 1.23. The number of carbonyl (C=O) groups is 1. The molecule has 0 aromatic heterocycles. The highest BCUT2D eigenvalue weighted by molar-refractivity contribution is 7.99. The average Bonchev–Trinajstić information content (AvgIpc) is 2.11. The number of amides is 1. The predicted molar refractivity (Wildman–Crippen MR) is 70.8 cm³/mol. The monoisotopic (exact) mass is 247 g/mol. The third kappa shape index (κ3) is 8.89. The van der Waals surface area contributed by atoms with Crippen LogP contribution in [0.5, 0.6) is 0 Å². The maximum atomic E-state index is 11.6. The van der Waals surface area contributed by atoms with E-state index in [9.17, 15) is 4.79 Å². The first-order valence-electron chi connectivity index (χ1n) is 6.00. The lowest BCUT2D eigenvalue weighted by Crippen LogP contribution is -2.37. The molecule has 1 amide bonds. The van der Waals surface area contributed by atoms with Crippen molar-refractivity contribution in [3.63, 3.8) is 0 Å². The van der Waals surface area contributed by atoms with Crippen LogP contribution in [0, 0.1) is 0 Å². The van der Waals surface area contributed by atoms with Crippen LogP contribution in [0.25, 0.3) is 0 Å². The van der Waals surface area contributed by atoms with Crippen molar-refractivity contribution in [3.8, 4) is 0 Å². The fourth-order valence-corrected chi connectivity index (χ4v) is 2.14. The Labute approximate surface area is 104 Å². The molecule has 1 unspecified atom stereocenters. The van der Waals surface area contributed by atoms with Gasteiger partial charge in [-0.15, -0.1) is 11.8 Å². The van der Waals surface area contributed by atoms with Crippen LogP contribution in [0.2, 0.25) is 0 Å². The Hall–Kier alpha value is -0.380. The second kappa shape index (κ2) is 7.82. The topological polar surface area (TPSA) is 38.3 Å². The van der Waals surface area contributed by atoms with E-state index in [-0.39, 0.29) is 11.5 Å². The number of alkyl carbamates (subject to hydrolysis) is 1. The molecule has 16 heavy (non-hydrogen) atoms. The van der Waals surface area contributed by atoms with E-state index in [1.54, 1.807) is 11.8 Å². The Morgan fingerprint density at radius 1 is 1.38 bits per heavy atom. The van der Waals surface area contributed by atoms with Crippen molar-refractivity contribution in [3.05, 3.63) is 0 Å². The highest BCUT2D eigenvalue weighted by Crippen LogP contribution is 2.15. The van der Waals surface area contributed by atoms with Gasteiger partial charge in [0.1, 0.15) is 5.60 Å². The van der Waals surface area contributed by atoms with Crippen LogP contribution in [-0.4, -0.2) is 22.8 Å². The summed E-state index contributed by atoms with van der Waals surface area (Å²) in [6.07, 6.45) is 2.98. The summed E-state index contributed by atoms with van der Waals surface area (Å²) < 4.78 is 5.23. The summed E-state index contributed by atoms with van der Waals surface area (Å²) in [5, 5.41) is 3.09. The summed E-state index contributed by atoms with van der Waals surface area (Å²) in [7, 11) is 0. The van der Waals surface area contributed by atoms with E-state index >= 15 is 0 Å². The van der Waals surface area contributed by atoms with Gasteiger partial charge in [-0.3, -0.25) is 0 Å². The largest absolute Gasteiger partial charge is 0.444 e. The van der Waals surface area contributed by atoms with Crippen molar-refractivity contribution in [2.45, 2.75) is 64.9 Å². The van der Waals surface area contributed by atoms with E-state index in [2.05, 4.69) is 19.2 Å². The van der Waals surface area contributed by atoms with Crippen LogP contribution < -0.4 is 5.32 Å². The van der Waals surface area contributed by atoms with Crippen molar-refractivity contribution in [2.24, 2.45) is 0 Å². The number of hydrogen-bond acceptors (Lipinski definition) is 3. The van der Waals surface area contributed by atoms with Crippen molar-refractivity contribution in [1.29, 1.82) is 0 Å². The van der Waals surface area contributed by atoms with Gasteiger partial charge in [0, 0.05) is 0 Å². The Morgan fingerprint density at radius 2 is 2.00 bits per heavy atom. The average molecular weight is 247 g/mol. The smallest absolute Gasteiger partial charge is 0.408 e. The molecule has 96 valence electrons. The minimum atomic E-state index is -0.420. The second-order valence-corrected chi connectivity index (χ2v) is 6.21. The molecule has 0 bridgehead atoms. The molecule has 1 atom stereocenters. The quantitative estimate of drug-likeness (QED) is 0.726. The molecular weight excluding hydrogens is 222 g/mol. The molecule has 0 aliphatic heterocycles. The van der Waals surface area contributed by atoms with Gasteiger partial charge < -0.3 is 10.1 Å². The Bertz CT molecular complexity index is 202. The van der Waals surface area contributed by atoms with E-state index < -0.39 is 5.60 Å². The Balaban J connectivity index is 4.02. The maximum absolute atomic E-state index is 11.6. The summed E-state index contributed by atoms with van der Waals surface area (Å²) >= 11 is 1.76. The molecule has 0 saturated carbocycles. The van der Waals surface area contributed by atoms with Gasteiger partial charge in [-0.1, -0.05) is 26.7 Å². The van der Waals surface area contributed by atoms with Gasteiger partial charge >= 0.3 is 6.09 Å². The lowest BCUT2D eigenvalue weighted by Gasteiger charge is -2.23. The van der Waals surface area contributed by atoms with E-state index in [1.807, 2.05) is 20.8 Å². The van der Waals surface area contributed by atoms with Crippen LogP contribution in [-0.2, 0) is 4.74 Å². The number of rotatable bonds is 6. The van der Waals surface area contributed by atoms with Gasteiger partial charge in [-0.05, 0) is 32.9 Å². The Morgan fingerprint density at radius 3 is 2.44 bits per heavy atom. The molecule has 0 rings (SSSR count). The van der Waals surface area contributed by atoms with Crippen LogP contribution in [0.15, 0.2) is 0 Å². The van der Waals surface area contributed by atoms with E-state index in [0.29, 0.717) is 0 Å². The zero-order valence-corrected chi connectivity index (χ0v) is 11.9. The van der Waals surface area contributed by atoms with Gasteiger partial charge in [0.2, 0.25) is 0 Å². The summed E-state index contributed by atoms with van der Waals surface area (Å²) in [4.78, 5) is 11.6. The third-order valence-electron chi connectivity index (χ3n) is 1.87. The first kappa shape index (κ1) is 15.6. The lowest BCUT2D eigenvalue weighted by molar-refractivity contribution is 0.0520. The van der Waals surface area contributed by atoms with Crippen molar-refractivity contribution in [1.82, 2.24) is 5.32 Å². The zero-order chi connectivity index (χ0) is 12.6. The van der Waals surface area contributed by atoms with E-state index in [0.717, 1.165) is 25.0 Å². The number of thioether (sulfide) groups is 1. The van der Waals surface area contributed by atoms with Crippen molar-refractivity contribution >= 4 is 17.9 Å². The van der Waals surface area contributed by atoms with Gasteiger partial charge in [0.05, 0.1) is 5.37 Å². The van der Waals surface area contributed by atoms with Crippen LogP contribution in [0.4, 0.5) is 4.79 Å². The molecule has 0 radical (unpaired) electrons. The summed E-state index contributed by atoms with van der Waals surface area (Å²) in [5.41, 5.74) is -0.420. The zero-order valence-electron chi connectivity index (χ0n) is 11.1. The SMILES string of the molecule is CCCCC(NC(=O)OC(C)(C)C)SCC. The standard InChI is InChI=1S/C12H25NO2S/c1-6-8-9-10(16-7-2)13-11(14)15-12(3,4)5/h10H,6-9H2,1-5H3,(H,13,14). The van der Waals surface area contributed by atoms with Crippen molar-refractivity contribution < 1.29 is 9.53 Å². The highest BCUT2D eigenvalue weighted by Gasteiger charge is 2.18. The highest BCUT2D eigenvalue weighted by atomic mass is 32.2. The fraction of sp³-hybridized carbons (Fsp3) is 0.917. The van der Waals surface area contributed by atoms with Crippen LogP contribution >= 0.6 is 11.8 Å². The molecule has 0 fully saturated rings. The number of hydrogen-bond donors (Lipinski definition) is 1. The van der Waals surface area contributed by atoms with Gasteiger partial charge in [-0.25, -0.2) is 4.79 Å². The Kier molecular flexibility index (Phi) is 7.64. The van der Waals surface area contributed by atoms with Gasteiger partial charge in [-0.2, -0.15) is 0 Å². The first-order valence-corrected chi connectivity index (χ1v) is 7.05. The molecule has 0 aliphatic rings. The lowest BCUT2D eigenvalue weighted by atomic mass is 10.2. The molecule has 0 aliphatic carbocycles. The number of nitrogens with one attached hydrogen (secondary N) is 1. The maximum Gasteiger partial charge on any atom is 0.408 e. The second-order valence-electron chi connectivity index (χ2n) is 4.73. The molecule has 0 heterocycles. The molecule has 0 saturated heterocycles. The number of ether oxygens (including phenoxy) is 1. The minimum Gasteiger partial charge on any atom is -0.444 e. The summed E-state index contributed by atoms with van der Waals surface area (Å²) in [6.45, 7) is 9.88. The molecular formula is C12H25NO2S. The molecule has 4 heteroatoms. The number of carbonyl (C=O) groups excluding carboxylic acids is 1. The molecule has 0 aromatic carbocycles. The van der Waals surface area contributed by atoms with E-state index in [4.69, 9.17) is 4.74 Å². The molecule has 0 spiro atoms. The van der Waals surface area contributed by atoms with Gasteiger partial charge in [0.15, 0.2) is 0 Å². The third-order valence-corrected chi connectivity index (χ3v) is 2.95.